The Morgan fingerprint density at radius 3 is 2.50 bits per heavy atom. The number of rotatable bonds is 3. The molecule has 1 aromatic heterocycles. The van der Waals surface area contributed by atoms with Gasteiger partial charge in [-0.05, 0) is 30.4 Å². The van der Waals surface area contributed by atoms with Gasteiger partial charge in [-0.2, -0.15) is 4.98 Å². The van der Waals surface area contributed by atoms with Gasteiger partial charge in [0, 0.05) is 5.70 Å². The van der Waals surface area contributed by atoms with Gasteiger partial charge >= 0.3 is 0 Å². The SMILES string of the molecule is CSc1nc2n(n1)[C@@H](c1ccccc1)C=C(c1ccc(C)cc1)N2. The van der Waals surface area contributed by atoms with Crippen LogP contribution in [0.2, 0.25) is 0 Å². The molecular formula is C19H18N4S. The number of anilines is 1. The van der Waals surface area contributed by atoms with Gasteiger partial charge in [-0.3, -0.25) is 0 Å². The first-order valence-corrected chi connectivity index (χ1v) is 9.08. The molecule has 0 radical (unpaired) electrons. The largest absolute Gasteiger partial charge is 0.324 e. The van der Waals surface area contributed by atoms with Crippen molar-refractivity contribution in [2.24, 2.45) is 0 Å². The fraction of sp³-hybridized carbons (Fsp3) is 0.158. The molecule has 1 N–H and O–H groups in total. The lowest BCUT2D eigenvalue weighted by Crippen LogP contribution is -2.20. The maximum Gasteiger partial charge on any atom is 0.227 e. The summed E-state index contributed by atoms with van der Waals surface area (Å²) in [5.41, 5.74) is 4.67. The van der Waals surface area contributed by atoms with Gasteiger partial charge in [0.1, 0.15) is 6.04 Å². The Balaban J connectivity index is 1.82. The van der Waals surface area contributed by atoms with Crippen molar-refractivity contribution in [3.05, 3.63) is 77.4 Å². The molecule has 0 bridgehead atoms. The molecule has 0 saturated heterocycles. The van der Waals surface area contributed by atoms with Crippen molar-refractivity contribution in [1.82, 2.24) is 14.8 Å². The standard InChI is InChI=1S/C19H18N4S/c1-13-8-10-14(11-9-13)16-12-17(15-6-4-3-5-7-15)23-18(20-16)21-19(22-23)24-2/h3-12,17H,1-2H3,(H,20,21,22)/t17-/m1/s1. The van der Waals surface area contributed by atoms with E-state index in [-0.39, 0.29) is 6.04 Å². The van der Waals surface area contributed by atoms with Crippen LogP contribution in [0.5, 0.6) is 0 Å². The monoisotopic (exact) mass is 334 g/mol. The van der Waals surface area contributed by atoms with E-state index in [1.54, 1.807) is 11.8 Å². The second-order valence-electron chi connectivity index (χ2n) is 5.79. The van der Waals surface area contributed by atoms with Gasteiger partial charge in [0.15, 0.2) is 0 Å². The molecule has 24 heavy (non-hydrogen) atoms. The number of aromatic nitrogens is 3. The van der Waals surface area contributed by atoms with E-state index in [1.807, 2.05) is 17.0 Å². The van der Waals surface area contributed by atoms with Crippen LogP contribution in [-0.2, 0) is 0 Å². The summed E-state index contributed by atoms with van der Waals surface area (Å²) in [7, 11) is 0. The van der Waals surface area contributed by atoms with Crippen LogP contribution in [0.4, 0.5) is 5.95 Å². The van der Waals surface area contributed by atoms with Gasteiger partial charge in [-0.1, -0.05) is 71.9 Å². The Kier molecular flexibility index (Phi) is 3.86. The first-order chi connectivity index (χ1) is 11.7. The summed E-state index contributed by atoms with van der Waals surface area (Å²) in [6.45, 7) is 2.10. The van der Waals surface area contributed by atoms with Crippen molar-refractivity contribution in [3.8, 4) is 0 Å². The fourth-order valence-corrected chi connectivity index (χ4v) is 3.20. The summed E-state index contributed by atoms with van der Waals surface area (Å²) < 4.78 is 1.96. The summed E-state index contributed by atoms with van der Waals surface area (Å²) >= 11 is 1.55. The minimum Gasteiger partial charge on any atom is -0.324 e. The van der Waals surface area contributed by atoms with Crippen molar-refractivity contribution in [3.63, 3.8) is 0 Å². The number of thioether (sulfide) groups is 1. The molecule has 0 spiro atoms. The molecule has 120 valence electrons. The van der Waals surface area contributed by atoms with Crippen molar-refractivity contribution in [1.29, 1.82) is 0 Å². The van der Waals surface area contributed by atoms with Gasteiger partial charge in [0.25, 0.3) is 0 Å². The van der Waals surface area contributed by atoms with Crippen LogP contribution >= 0.6 is 11.8 Å². The number of nitrogens with one attached hydrogen (secondary N) is 1. The zero-order chi connectivity index (χ0) is 16.5. The quantitative estimate of drug-likeness (QED) is 0.723. The second-order valence-corrected chi connectivity index (χ2v) is 6.57. The normalized spacial score (nSPS) is 16.2. The van der Waals surface area contributed by atoms with Gasteiger partial charge in [0.05, 0.1) is 0 Å². The average Bonchev–Trinajstić information content (AvgIpc) is 3.05. The molecule has 2 aromatic carbocycles. The summed E-state index contributed by atoms with van der Waals surface area (Å²) in [5.74, 6) is 0.784. The van der Waals surface area contributed by atoms with Crippen LogP contribution in [0.1, 0.15) is 22.7 Å². The minimum atomic E-state index is 0.0344. The minimum absolute atomic E-state index is 0.0344. The summed E-state index contributed by atoms with van der Waals surface area (Å²) in [6.07, 6.45) is 4.21. The maximum absolute atomic E-state index is 4.63. The van der Waals surface area contributed by atoms with E-state index in [9.17, 15) is 0 Å². The Morgan fingerprint density at radius 2 is 1.79 bits per heavy atom. The predicted molar refractivity (Wildman–Crippen MR) is 99.2 cm³/mol. The van der Waals surface area contributed by atoms with Crippen molar-refractivity contribution in [2.75, 3.05) is 11.6 Å². The zero-order valence-corrected chi connectivity index (χ0v) is 14.4. The second kappa shape index (κ2) is 6.17. The number of benzene rings is 2. The highest BCUT2D eigenvalue weighted by Gasteiger charge is 2.24. The van der Waals surface area contributed by atoms with E-state index in [0.29, 0.717) is 0 Å². The highest BCUT2D eigenvalue weighted by Crippen LogP contribution is 2.33. The first-order valence-electron chi connectivity index (χ1n) is 7.86. The molecule has 1 aliphatic heterocycles. The number of aryl methyl sites for hydroxylation is 1. The third kappa shape index (κ3) is 2.71. The molecule has 1 atom stereocenters. The Morgan fingerprint density at radius 1 is 1.04 bits per heavy atom. The molecular weight excluding hydrogens is 316 g/mol. The van der Waals surface area contributed by atoms with E-state index in [0.717, 1.165) is 22.4 Å². The molecule has 0 unspecified atom stereocenters. The van der Waals surface area contributed by atoms with E-state index < -0.39 is 0 Å². The average molecular weight is 334 g/mol. The summed E-state index contributed by atoms with van der Waals surface area (Å²) in [5, 5.41) is 8.83. The Bertz CT molecular complexity index is 881. The van der Waals surface area contributed by atoms with Crippen molar-refractivity contribution >= 4 is 23.4 Å². The number of hydrogen-bond acceptors (Lipinski definition) is 4. The molecule has 1 aliphatic rings. The third-order valence-electron chi connectivity index (χ3n) is 4.13. The third-order valence-corrected chi connectivity index (χ3v) is 4.67. The summed E-state index contributed by atoms with van der Waals surface area (Å²) in [6, 6.07) is 19.0. The molecule has 0 fully saturated rings. The molecule has 2 heterocycles. The highest BCUT2D eigenvalue weighted by molar-refractivity contribution is 7.98. The first kappa shape index (κ1) is 15.0. The van der Waals surface area contributed by atoms with Crippen LogP contribution in [0.3, 0.4) is 0 Å². The van der Waals surface area contributed by atoms with E-state index >= 15 is 0 Å². The number of nitrogens with zero attached hydrogens (tertiary/aromatic N) is 3. The van der Waals surface area contributed by atoms with E-state index in [2.05, 4.69) is 76.9 Å². The molecule has 0 saturated carbocycles. The molecule has 4 nitrogen and oxygen atoms in total. The number of allylic oxidation sites excluding steroid dienone is 1. The van der Waals surface area contributed by atoms with Crippen LogP contribution in [0.25, 0.3) is 5.70 Å². The van der Waals surface area contributed by atoms with Crippen molar-refractivity contribution in [2.45, 2.75) is 18.1 Å². The van der Waals surface area contributed by atoms with Gasteiger partial charge in [-0.15, -0.1) is 5.10 Å². The number of hydrogen-bond donors (Lipinski definition) is 1. The zero-order valence-electron chi connectivity index (χ0n) is 13.6. The van der Waals surface area contributed by atoms with Gasteiger partial charge < -0.3 is 5.32 Å². The van der Waals surface area contributed by atoms with Crippen LogP contribution in [-0.4, -0.2) is 21.0 Å². The Hall–Kier alpha value is -2.53. The van der Waals surface area contributed by atoms with Crippen molar-refractivity contribution < 1.29 is 0 Å². The van der Waals surface area contributed by atoms with Gasteiger partial charge in [0.2, 0.25) is 11.1 Å². The Labute approximate surface area is 145 Å². The smallest absolute Gasteiger partial charge is 0.227 e. The highest BCUT2D eigenvalue weighted by atomic mass is 32.2. The van der Waals surface area contributed by atoms with Crippen LogP contribution in [0, 0.1) is 6.92 Å². The molecule has 5 heteroatoms. The molecule has 0 amide bonds. The lowest BCUT2D eigenvalue weighted by Gasteiger charge is -2.24. The van der Waals surface area contributed by atoms with E-state index in [4.69, 9.17) is 0 Å². The topological polar surface area (TPSA) is 42.7 Å². The molecule has 4 rings (SSSR count). The van der Waals surface area contributed by atoms with Crippen LogP contribution in [0.15, 0.2) is 65.8 Å². The van der Waals surface area contributed by atoms with Gasteiger partial charge in [-0.25, -0.2) is 4.68 Å². The predicted octanol–water partition coefficient (Wildman–Crippen LogP) is 4.36. The number of fused-ring (bicyclic) bond motifs is 1. The maximum atomic E-state index is 4.63. The summed E-state index contributed by atoms with van der Waals surface area (Å²) in [4.78, 5) is 4.60. The lowest BCUT2D eigenvalue weighted by atomic mass is 10.0. The van der Waals surface area contributed by atoms with Crippen LogP contribution < -0.4 is 5.32 Å². The molecule has 0 aliphatic carbocycles. The van der Waals surface area contributed by atoms with E-state index in [1.165, 1.54) is 11.1 Å². The lowest BCUT2D eigenvalue weighted by molar-refractivity contribution is 0.598. The fourth-order valence-electron chi connectivity index (χ4n) is 2.85. The molecule has 3 aromatic rings.